The van der Waals surface area contributed by atoms with Crippen molar-refractivity contribution in [3.63, 3.8) is 0 Å². The molecule has 4 heteroatoms. The van der Waals surface area contributed by atoms with E-state index in [4.69, 9.17) is 14.6 Å². The predicted octanol–water partition coefficient (Wildman–Crippen LogP) is 1.71. The van der Waals surface area contributed by atoms with Gasteiger partial charge in [0.05, 0.1) is 13.2 Å². The maximum atomic E-state index is 9.16. The molecular formula is C10H14O3S. The maximum Gasteiger partial charge on any atom is 0.167 e. The van der Waals surface area contributed by atoms with Gasteiger partial charge in [-0.05, 0) is 31.2 Å². The quantitative estimate of drug-likeness (QED) is 0.592. The van der Waals surface area contributed by atoms with Crippen molar-refractivity contribution >= 4 is 12.6 Å². The fourth-order valence-electron chi connectivity index (χ4n) is 0.892. The zero-order chi connectivity index (χ0) is 10.6. The van der Waals surface area contributed by atoms with Crippen LogP contribution >= 0.6 is 12.6 Å². The summed E-state index contributed by atoms with van der Waals surface area (Å²) in [7, 11) is 1.60. The van der Waals surface area contributed by atoms with Crippen LogP contribution in [0.1, 0.15) is 6.92 Å². The van der Waals surface area contributed by atoms with Gasteiger partial charge in [0, 0.05) is 0 Å². The molecule has 0 bridgehead atoms. The average molecular weight is 214 g/mol. The Bertz CT molecular complexity index is 271. The van der Waals surface area contributed by atoms with Crippen molar-refractivity contribution in [1.82, 2.24) is 0 Å². The normalized spacial score (nSPS) is 14.6. The highest BCUT2D eigenvalue weighted by molar-refractivity contribution is 7.80. The van der Waals surface area contributed by atoms with E-state index < -0.39 is 11.5 Å². The summed E-state index contributed by atoms with van der Waals surface area (Å²) in [5.41, 5.74) is -0.511. The van der Waals surface area contributed by atoms with E-state index >= 15 is 0 Å². The highest BCUT2D eigenvalue weighted by atomic mass is 32.1. The summed E-state index contributed by atoms with van der Waals surface area (Å²) >= 11 is 4.08. The van der Waals surface area contributed by atoms with E-state index in [1.807, 2.05) is 0 Å². The van der Waals surface area contributed by atoms with Gasteiger partial charge in [0.1, 0.15) is 11.5 Å². The second-order valence-electron chi connectivity index (χ2n) is 2.92. The summed E-state index contributed by atoms with van der Waals surface area (Å²) in [4.78, 5) is 0. The molecule has 1 N–H and O–H groups in total. The van der Waals surface area contributed by atoms with Crippen LogP contribution in [0.5, 0.6) is 11.5 Å². The summed E-state index contributed by atoms with van der Waals surface area (Å²) in [5, 5.41) is 9.16. The number of aliphatic hydroxyl groups excluding tert-OH is 1. The summed E-state index contributed by atoms with van der Waals surface area (Å²) in [5.74, 6) is 1.43. The number of aliphatic hydroxyl groups is 1. The van der Waals surface area contributed by atoms with Crippen LogP contribution in [0.25, 0.3) is 0 Å². The molecule has 1 aromatic carbocycles. The van der Waals surface area contributed by atoms with Crippen LogP contribution in [-0.4, -0.2) is 23.8 Å². The molecule has 3 nitrogen and oxygen atoms in total. The van der Waals surface area contributed by atoms with Crippen LogP contribution in [0.3, 0.4) is 0 Å². The molecule has 0 heterocycles. The smallest absolute Gasteiger partial charge is 0.167 e. The molecule has 0 aliphatic rings. The SMILES string of the molecule is COc1ccc(OC(S)C(C)O)cc1. The van der Waals surface area contributed by atoms with Crippen LogP contribution in [0.15, 0.2) is 24.3 Å². The van der Waals surface area contributed by atoms with E-state index in [0.717, 1.165) is 5.75 Å². The van der Waals surface area contributed by atoms with Gasteiger partial charge in [0.2, 0.25) is 0 Å². The highest BCUT2D eigenvalue weighted by Crippen LogP contribution is 2.19. The number of hydrogen-bond donors (Lipinski definition) is 2. The molecule has 1 aromatic rings. The Hall–Kier alpha value is -0.870. The first-order chi connectivity index (χ1) is 6.63. The molecule has 1 rings (SSSR count). The van der Waals surface area contributed by atoms with Crippen molar-refractivity contribution in [2.45, 2.75) is 18.5 Å². The lowest BCUT2D eigenvalue weighted by molar-refractivity contribution is 0.103. The van der Waals surface area contributed by atoms with Crippen molar-refractivity contribution in [1.29, 1.82) is 0 Å². The van der Waals surface area contributed by atoms with Crippen molar-refractivity contribution in [3.05, 3.63) is 24.3 Å². The summed E-state index contributed by atoms with van der Waals surface area (Å²) < 4.78 is 10.3. The second kappa shape index (κ2) is 5.12. The first-order valence-electron chi connectivity index (χ1n) is 4.30. The van der Waals surface area contributed by atoms with Gasteiger partial charge in [-0.15, -0.1) is 12.6 Å². The lowest BCUT2D eigenvalue weighted by Crippen LogP contribution is -2.23. The highest BCUT2D eigenvalue weighted by Gasteiger charge is 2.10. The largest absolute Gasteiger partial charge is 0.497 e. The van der Waals surface area contributed by atoms with Crippen LogP contribution in [0, 0.1) is 0 Å². The monoisotopic (exact) mass is 214 g/mol. The van der Waals surface area contributed by atoms with Gasteiger partial charge in [-0.1, -0.05) is 0 Å². The first kappa shape index (κ1) is 11.2. The van der Waals surface area contributed by atoms with Gasteiger partial charge in [0.25, 0.3) is 0 Å². The van der Waals surface area contributed by atoms with E-state index in [-0.39, 0.29) is 0 Å². The molecule has 0 aromatic heterocycles. The molecule has 0 radical (unpaired) electrons. The maximum absolute atomic E-state index is 9.16. The fraction of sp³-hybridized carbons (Fsp3) is 0.400. The lowest BCUT2D eigenvalue weighted by atomic mass is 10.3. The van der Waals surface area contributed by atoms with Crippen molar-refractivity contribution in [2.24, 2.45) is 0 Å². The molecule has 0 spiro atoms. The van der Waals surface area contributed by atoms with E-state index in [2.05, 4.69) is 12.6 Å². The topological polar surface area (TPSA) is 38.7 Å². The second-order valence-corrected chi connectivity index (χ2v) is 3.43. The number of ether oxygens (including phenoxy) is 2. The van der Waals surface area contributed by atoms with Gasteiger partial charge in [0.15, 0.2) is 5.44 Å². The first-order valence-corrected chi connectivity index (χ1v) is 4.82. The van der Waals surface area contributed by atoms with Crippen LogP contribution < -0.4 is 9.47 Å². The molecule has 2 unspecified atom stereocenters. The van der Waals surface area contributed by atoms with E-state index in [1.54, 1.807) is 38.3 Å². The predicted molar refractivity (Wildman–Crippen MR) is 58.1 cm³/mol. The van der Waals surface area contributed by atoms with Crippen molar-refractivity contribution in [2.75, 3.05) is 7.11 Å². The molecular weight excluding hydrogens is 200 g/mol. The molecule has 2 atom stereocenters. The van der Waals surface area contributed by atoms with Crippen LogP contribution in [-0.2, 0) is 0 Å². The van der Waals surface area contributed by atoms with Gasteiger partial charge < -0.3 is 14.6 Å². The fourth-order valence-corrected chi connectivity index (χ4v) is 1.01. The van der Waals surface area contributed by atoms with E-state index in [0.29, 0.717) is 5.75 Å². The molecule has 0 aliphatic carbocycles. The summed E-state index contributed by atoms with van der Waals surface area (Å²) in [6.45, 7) is 1.63. The Morgan fingerprint density at radius 3 is 2.14 bits per heavy atom. The Labute approximate surface area is 89.1 Å². The van der Waals surface area contributed by atoms with Crippen LogP contribution in [0.4, 0.5) is 0 Å². The number of hydrogen-bond acceptors (Lipinski definition) is 4. The number of benzene rings is 1. The Morgan fingerprint density at radius 1 is 1.21 bits per heavy atom. The Kier molecular flexibility index (Phi) is 4.10. The molecule has 0 fully saturated rings. The minimum absolute atomic E-state index is 0.511. The zero-order valence-electron chi connectivity index (χ0n) is 8.18. The Balaban J connectivity index is 2.59. The minimum atomic E-state index is -0.611. The van der Waals surface area contributed by atoms with Gasteiger partial charge in [-0.3, -0.25) is 0 Å². The van der Waals surface area contributed by atoms with Crippen molar-refractivity contribution in [3.8, 4) is 11.5 Å². The third-order valence-electron chi connectivity index (χ3n) is 1.73. The van der Waals surface area contributed by atoms with Crippen molar-refractivity contribution < 1.29 is 14.6 Å². The minimum Gasteiger partial charge on any atom is -0.497 e. The van der Waals surface area contributed by atoms with E-state index in [1.165, 1.54) is 0 Å². The zero-order valence-corrected chi connectivity index (χ0v) is 9.07. The number of thiol groups is 1. The molecule has 78 valence electrons. The summed E-state index contributed by atoms with van der Waals surface area (Å²) in [6.07, 6.45) is -0.611. The Morgan fingerprint density at radius 2 is 1.71 bits per heavy atom. The van der Waals surface area contributed by atoms with Gasteiger partial charge in [-0.25, -0.2) is 0 Å². The number of rotatable bonds is 4. The molecule has 0 saturated heterocycles. The van der Waals surface area contributed by atoms with Gasteiger partial charge >= 0.3 is 0 Å². The third kappa shape index (κ3) is 3.12. The third-order valence-corrected chi connectivity index (χ3v) is 2.27. The lowest BCUT2D eigenvalue weighted by Gasteiger charge is -2.16. The van der Waals surface area contributed by atoms with Gasteiger partial charge in [-0.2, -0.15) is 0 Å². The number of methoxy groups -OCH3 is 1. The molecule has 0 amide bonds. The molecule has 14 heavy (non-hydrogen) atoms. The molecule has 0 saturated carbocycles. The molecule has 0 aliphatic heterocycles. The van der Waals surface area contributed by atoms with E-state index in [9.17, 15) is 0 Å². The van der Waals surface area contributed by atoms with Crippen LogP contribution in [0.2, 0.25) is 0 Å². The summed E-state index contributed by atoms with van der Waals surface area (Å²) in [6, 6.07) is 7.12. The standard InChI is InChI=1S/C10H14O3S/c1-7(11)10(14)13-9-5-3-8(12-2)4-6-9/h3-7,10-11,14H,1-2H3. The average Bonchev–Trinajstić information content (AvgIpc) is 2.19.